The SMILES string of the molecule is CC(C)S(=O)(=O)Cc1cccc(NC(=O)[C@@H]2[C@H](C(=O)O)C2(C)C)c1. The summed E-state index contributed by atoms with van der Waals surface area (Å²) < 4.78 is 24.0. The minimum absolute atomic E-state index is 0.0962. The van der Waals surface area contributed by atoms with Gasteiger partial charge in [0.25, 0.3) is 0 Å². The van der Waals surface area contributed by atoms with Crippen molar-refractivity contribution in [1.82, 2.24) is 0 Å². The average Bonchev–Trinajstić information content (AvgIpc) is 3.01. The summed E-state index contributed by atoms with van der Waals surface area (Å²) in [6, 6.07) is 6.64. The zero-order valence-corrected chi connectivity index (χ0v) is 15.1. The van der Waals surface area contributed by atoms with E-state index in [1.807, 2.05) is 0 Å². The van der Waals surface area contributed by atoms with E-state index >= 15 is 0 Å². The van der Waals surface area contributed by atoms with Crippen LogP contribution in [0.15, 0.2) is 24.3 Å². The first-order valence-electron chi connectivity index (χ1n) is 7.81. The first-order chi connectivity index (χ1) is 11.0. The smallest absolute Gasteiger partial charge is 0.307 e. The molecule has 1 amide bonds. The Labute approximate surface area is 142 Å². The Morgan fingerprint density at radius 2 is 1.88 bits per heavy atom. The number of hydrogen-bond donors (Lipinski definition) is 2. The molecule has 24 heavy (non-hydrogen) atoms. The number of carbonyl (C=O) groups is 2. The molecule has 1 aliphatic carbocycles. The maximum Gasteiger partial charge on any atom is 0.307 e. The Balaban J connectivity index is 2.11. The molecule has 6 nitrogen and oxygen atoms in total. The number of carboxylic acids is 1. The third kappa shape index (κ3) is 3.61. The quantitative estimate of drug-likeness (QED) is 0.817. The summed E-state index contributed by atoms with van der Waals surface area (Å²) in [5.41, 5.74) is 0.490. The van der Waals surface area contributed by atoms with Crippen molar-refractivity contribution in [3.05, 3.63) is 29.8 Å². The van der Waals surface area contributed by atoms with Gasteiger partial charge in [0, 0.05) is 5.69 Å². The van der Waals surface area contributed by atoms with Crippen LogP contribution in [0.2, 0.25) is 0 Å². The molecule has 0 saturated heterocycles. The zero-order chi connectivity index (χ0) is 18.3. The van der Waals surface area contributed by atoms with Gasteiger partial charge in [-0.25, -0.2) is 8.42 Å². The third-order valence-electron chi connectivity index (χ3n) is 4.66. The molecule has 0 radical (unpaired) electrons. The highest BCUT2D eigenvalue weighted by molar-refractivity contribution is 7.91. The van der Waals surface area contributed by atoms with Crippen molar-refractivity contribution in [1.29, 1.82) is 0 Å². The molecule has 2 rings (SSSR count). The maximum absolute atomic E-state index is 12.3. The fraction of sp³-hybridized carbons (Fsp3) is 0.529. The molecule has 1 aromatic carbocycles. The average molecular weight is 353 g/mol. The zero-order valence-electron chi connectivity index (χ0n) is 14.2. The van der Waals surface area contributed by atoms with E-state index in [-0.39, 0.29) is 11.7 Å². The van der Waals surface area contributed by atoms with Crippen LogP contribution in [0.4, 0.5) is 5.69 Å². The second-order valence-electron chi connectivity index (χ2n) is 7.16. The van der Waals surface area contributed by atoms with Crippen molar-refractivity contribution in [3.8, 4) is 0 Å². The molecule has 0 spiro atoms. The van der Waals surface area contributed by atoms with Crippen molar-refractivity contribution in [2.24, 2.45) is 17.3 Å². The molecule has 132 valence electrons. The number of hydrogen-bond acceptors (Lipinski definition) is 4. The molecule has 0 heterocycles. The van der Waals surface area contributed by atoms with Crippen molar-refractivity contribution >= 4 is 27.4 Å². The van der Waals surface area contributed by atoms with Crippen molar-refractivity contribution in [2.75, 3.05) is 5.32 Å². The number of rotatable bonds is 6. The summed E-state index contributed by atoms with van der Waals surface area (Å²) in [5, 5.41) is 11.4. The molecule has 0 aliphatic heterocycles. The van der Waals surface area contributed by atoms with Gasteiger partial charge in [-0.15, -0.1) is 0 Å². The number of sulfone groups is 1. The van der Waals surface area contributed by atoms with Crippen molar-refractivity contribution in [2.45, 2.75) is 38.7 Å². The standard InChI is InChI=1S/C17H23NO5S/c1-10(2)24(22,23)9-11-6-5-7-12(8-11)18-15(19)13-14(16(20)21)17(13,3)4/h5-8,10,13-14H,9H2,1-4H3,(H,18,19)(H,20,21)/t13-,14+/m0/s1. The molecular formula is C17H23NO5S. The monoisotopic (exact) mass is 353 g/mol. The highest BCUT2D eigenvalue weighted by atomic mass is 32.2. The van der Waals surface area contributed by atoms with Crippen molar-refractivity contribution < 1.29 is 23.1 Å². The van der Waals surface area contributed by atoms with Gasteiger partial charge in [-0.05, 0) is 37.0 Å². The Bertz CT molecular complexity index is 767. The Morgan fingerprint density at radius 3 is 2.38 bits per heavy atom. The summed E-state index contributed by atoms with van der Waals surface area (Å²) >= 11 is 0. The van der Waals surface area contributed by atoms with E-state index in [0.717, 1.165) is 0 Å². The van der Waals surface area contributed by atoms with Crippen LogP contribution in [0.25, 0.3) is 0 Å². The van der Waals surface area contributed by atoms with Gasteiger partial charge in [-0.2, -0.15) is 0 Å². The topological polar surface area (TPSA) is 101 Å². The van der Waals surface area contributed by atoms with Gasteiger partial charge in [0.05, 0.1) is 22.8 Å². The van der Waals surface area contributed by atoms with E-state index in [9.17, 15) is 18.0 Å². The number of nitrogens with one attached hydrogen (secondary N) is 1. The summed E-state index contributed by atoms with van der Waals surface area (Å²) in [5.74, 6) is -2.70. The molecule has 2 N–H and O–H groups in total. The minimum atomic E-state index is -3.23. The van der Waals surface area contributed by atoms with Crippen LogP contribution >= 0.6 is 0 Å². The summed E-state index contributed by atoms with van der Waals surface area (Å²) in [7, 11) is -3.23. The summed E-state index contributed by atoms with van der Waals surface area (Å²) in [4.78, 5) is 23.5. The molecule has 1 aromatic rings. The molecule has 2 atom stereocenters. The predicted octanol–water partition coefficient (Wildman–Crippen LogP) is 2.31. The van der Waals surface area contributed by atoms with Crippen molar-refractivity contribution in [3.63, 3.8) is 0 Å². The lowest BCUT2D eigenvalue weighted by Crippen LogP contribution is -2.18. The van der Waals surface area contributed by atoms with E-state index in [4.69, 9.17) is 5.11 Å². The second-order valence-corrected chi connectivity index (χ2v) is 9.72. The molecule has 1 fully saturated rings. The molecule has 1 saturated carbocycles. The number of anilines is 1. The number of aliphatic carboxylic acids is 1. The van der Waals surface area contributed by atoms with Crippen LogP contribution in [0.5, 0.6) is 0 Å². The summed E-state index contributed by atoms with van der Waals surface area (Å²) in [6.45, 7) is 6.76. The van der Waals surface area contributed by atoms with E-state index in [2.05, 4.69) is 5.32 Å². The Hall–Kier alpha value is -1.89. The highest BCUT2D eigenvalue weighted by Gasteiger charge is 2.65. The van der Waals surface area contributed by atoms with Gasteiger partial charge in [0.15, 0.2) is 9.84 Å². The van der Waals surface area contributed by atoms with Crippen LogP contribution in [0, 0.1) is 17.3 Å². The Morgan fingerprint density at radius 1 is 1.25 bits per heavy atom. The lowest BCUT2D eigenvalue weighted by molar-refractivity contribution is -0.140. The van der Waals surface area contributed by atoms with Crippen LogP contribution in [0.3, 0.4) is 0 Å². The van der Waals surface area contributed by atoms with Gasteiger partial charge >= 0.3 is 5.97 Å². The lowest BCUT2D eigenvalue weighted by atomic mass is 10.1. The first-order valence-corrected chi connectivity index (χ1v) is 9.52. The van der Waals surface area contributed by atoms with Crippen LogP contribution in [-0.2, 0) is 25.2 Å². The van der Waals surface area contributed by atoms with E-state index in [1.165, 1.54) is 0 Å². The molecule has 0 bridgehead atoms. The van der Waals surface area contributed by atoms with Gasteiger partial charge in [-0.3, -0.25) is 9.59 Å². The largest absolute Gasteiger partial charge is 0.481 e. The van der Waals surface area contributed by atoms with Gasteiger partial charge < -0.3 is 10.4 Å². The fourth-order valence-electron chi connectivity index (χ4n) is 2.95. The molecule has 7 heteroatoms. The third-order valence-corrected chi connectivity index (χ3v) is 6.83. The predicted molar refractivity (Wildman–Crippen MR) is 91.2 cm³/mol. The molecular weight excluding hydrogens is 330 g/mol. The number of carbonyl (C=O) groups excluding carboxylic acids is 1. The van der Waals surface area contributed by atoms with Gasteiger partial charge in [-0.1, -0.05) is 26.0 Å². The van der Waals surface area contributed by atoms with Crippen LogP contribution in [0.1, 0.15) is 33.3 Å². The minimum Gasteiger partial charge on any atom is -0.481 e. The van der Waals surface area contributed by atoms with E-state index in [0.29, 0.717) is 11.3 Å². The fourth-order valence-corrected chi connectivity index (χ4v) is 3.92. The van der Waals surface area contributed by atoms with Gasteiger partial charge in [0.1, 0.15) is 0 Å². The van der Waals surface area contributed by atoms with Gasteiger partial charge in [0.2, 0.25) is 5.91 Å². The normalized spacial score (nSPS) is 22.2. The Kier molecular flexibility index (Phi) is 4.77. The first kappa shape index (κ1) is 18.4. The van der Waals surface area contributed by atoms with Crippen LogP contribution in [-0.4, -0.2) is 30.7 Å². The van der Waals surface area contributed by atoms with E-state index < -0.39 is 38.3 Å². The number of amides is 1. The maximum atomic E-state index is 12.3. The van der Waals surface area contributed by atoms with E-state index in [1.54, 1.807) is 52.0 Å². The lowest BCUT2D eigenvalue weighted by Gasteiger charge is -2.10. The number of carboxylic acid groups (broad SMARTS) is 1. The highest BCUT2D eigenvalue weighted by Crippen LogP contribution is 2.58. The molecule has 0 aromatic heterocycles. The summed E-state index contributed by atoms with van der Waals surface area (Å²) in [6.07, 6.45) is 0. The molecule has 1 aliphatic rings. The second kappa shape index (κ2) is 6.20. The van der Waals surface area contributed by atoms with Crippen LogP contribution < -0.4 is 5.32 Å². The molecule has 0 unspecified atom stereocenters. The number of benzene rings is 1.